The van der Waals surface area contributed by atoms with Crippen LogP contribution < -0.4 is 10.6 Å². The van der Waals surface area contributed by atoms with Crippen LogP contribution in [0.4, 0.5) is 5.69 Å². The third-order valence-corrected chi connectivity index (χ3v) is 2.51. The van der Waals surface area contributed by atoms with Gasteiger partial charge in [-0.05, 0) is 13.3 Å². The summed E-state index contributed by atoms with van der Waals surface area (Å²) in [6.45, 7) is 4.66. The van der Waals surface area contributed by atoms with Crippen LogP contribution >= 0.6 is 0 Å². The predicted molar refractivity (Wildman–Crippen MR) is 70.3 cm³/mol. The van der Waals surface area contributed by atoms with E-state index in [1.165, 1.54) is 0 Å². The summed E-state index contributed by atoms with van der Waals surface area (Å²) in [4.78, 5) is 11.4. The molecular weight excluding hydrogens is 232 g/mol. The van der Waals surface area contributed by atoms with E-state index in [1.54, 1.807) is 10.9 Å². The Kier molecular flexibility index (Phi) is 6.21. The van der Waals surface area contributed by atoms with E-state index in [-0.39, 0.29) is 25.6 Å². The van der Waals surface area contributed by atoms with Crippen molar-refractivity contribution >= 4 is 11.6 Å². The van der Waals surface area contributed by atoms with Crippen molar-refractivity contribution in [1.82, 2.24) is 15.1 Å². The number of anilines is 1. The molecule has 1 aromatic heterocycles. The number of nitrogens with one attached hydrogen (secondary N) is 2. The van der Waals surface area contributed by atoms with Crippen molar-refractivity contribution in [1.29, 1.82) is 0 Å². The smallest absolute Gasteiger partial charge is 0.241 e. The fourth-order valence-electron chi connectivity index (χ4n) is 1.71. The summed E-state index contributed by atoms with van der Waals surface area (Å²) in [6, 6.07) is 0.399. The van der Waals surface area contributed by atoms with Crippen LogP contribution in [-0.4, -0.2) is 40.0 Å². The summed E-state index contributed by atoms with van der Waals surface area (Å²) in [7, 11) is 0. The average molecular weight is 254 g/mol. The van der Waals surface area contributed by atoms with Gasteiger partial charge in [0.15, 0.2) is 0 Å². The maximum absolute atomic E-state index is 11.4. The van der Waals surface area contributed by atoms with Crippen LogP contribution in [0.5, 0.6) is 0 Å². The van der Waals surface area contributed by atoms with Gasteiger partial charge in [-0.3, -0.25) is 9.48 Å². The SMILES string of the molecule is CCCC(C)Nc1cnn(CC(=O)NCCO)c1. The number of carbonyl (C=O) groups is 1. The lowest BCUT2D eigenvalue weighted by Crippen LogP contribution is -2.30. The molecule has 1 unspecified atom stereocenters. The largest absolute Gasteiger partial charge is 0.395 e. The van der Waals surface area contributed by atoms with E-state index in [0.717, 1.165) is 18.5 Å². The number of rotatable bonds is 8. The molecule has 1 amide bonds. The molecule has 1 atom stereocenters. The zero-order chi connectivity index (χ0) is 13.4. The first-order valence-electron chi connectivity index (χ1n) is 6.32. The molecule has 1 heterocycles. The first kappa shape index (κ1) is 14.5. The molecule has 6 heteroatoms. The zero-order valence-electron chi connectivity index (χ0n) is 11.0. The van der Waals surface area contributed by atoms with Crippen LogP contribution in [-0.2, 0) is 11.3 Å². The molecule has 0 aliphatic carbocycles. The van der Waals surface area contributed by atoms with Crippen molar-refractivity contribution in [2.24, 2.45) is 0 Å². The van der Waals surface area contributed by atoms with E-state index in [4.69, 9.17) is 5.11 Å². The highest BCUT2D eigenvalue weighted by molar-refractivity contribution is 5.75. The molecule has 0 radical (unpaired) electrons. The molecule has 18 heavy (non-hydrogen) atoms. The number of nitrogens with zero attached hydrogens (tertiary/aromatic N) is 2. The molecule has 0 bridgehead atoms. The molecule has 0 saturated heterocycles. The summed E-state index contributed by atoms with van der Waals surface area (Å²) in [5.41, 5.74) is 0.922. The summed E-state index contributed by atoms with van der Waals surface area (Å²) in [6.07, 6.45) is 5.75. The number of amides is 1. The molecule has 1 rings (SSSR count). The highest BCUT2D eigenvalue weighted by Crippen LogP contribution is 2.09. The number of aliphatic hydroxyl groups is 1. The van der Waals surface area contributed by atoms with Crippen LogP contribution in [0.15, 0.2) is 12.4 Å². The van der Waals surface area contributed by atoms with Crippen molar-refractivity contribution in [2.75, 3.05) is 18.5 Å². The van der Waals surface area contributed by atoms with E-state index in [9.17, 15) is 4.79 Å². The minimum atomic E-state index is -0.152. The summed E-state index contributed by atoms with van der Waals surface area (Å²) >= 11 is 0. The van der Waals surface area contributed by atoms with Crippen LogP contribution in [0.3, 0.4) is 0 Å². The second kappa shape index (κ2) is 7.71. The molecule has 0 saturated carbocycles. The Morgan fingerprint density at radius 2 is 2.39 bits per heavy atom. The number of hydrogen-bond donors (Lipinski definition) is 3. The third-order valence-electron chi connectivity index (χ3n) is 2.51. The molecule has 0 aliphatic heterocycles. The standard InChI is InChI=1S/C12H22N4O2/c1-3-4-10(2)15-11-7-14-16(8-11)9-12(18)13-5-6-17/h7-8,10,15,17H,3-6,9H2,1-2H3,(H,13,18). The number of carbonyl (C=O) groups excluding carboxylic acids is 1. The van der Waals surface area contributed by atoms with Gasteiger partial charge in [0.2, 0.25) is 5.91 Å². The number of aliphatic hydroxyl groups excluding tert-OH is 1. The van der Waals surface area contributed by atoms with Gasteiger partial charge in [0.25, 0.3) is 0 Å². The fourth-order valence-corrected chi connectivity index (χ4v) is 1.71. The van der Waals surface area contributed by atoms with Gasteiger partial charge < -0.3 is 15.7 Å². The second-order valence-corrected chi connectivity index (χ2v) is 4.33. The number of hydrogen-bond acceptors (Lipinski definition) is 4. The highest BCUT2D eigenvalue weighted by Gasteiger charge is 2.06. The van der Waals surface area contributed by atoms with Gasteiger partial charge in [-0.1, -0.05) is 13.3 Å². The van der Waals surface area contributed by atoms with E-state index >= 15 is 0 Å². The normalized spacial score (nSPS) is 12.2. The van der Waals surface area contributed by atoms with Crippen LogP contribution in [0.25, 0.3) is 0 Å². The first-order chi connectivity index (χ1) is 8.65. The van der Waals surface area contributed by atoms with E-state index in [2.05, 4.69) is 29.6 Å². The Morgan fingerprint density at radius 3 is 3.06 bits per heavy atom. The maximum Gasteiger partial charge on any atom is 0.241 e. The van der Waals surface area contributed by atoms with Gasteiger partial charge in [-0.2, -0.15) is 5.10 Å². The summed E-state index contributed by atoms with van der Waals surface area (Å²) in [5.74, 6) is -0.152. The third kappa shape index (κ3) is 5.18. The monoisotopic (exact) mass is 254 g/mol. The van der Waals surface area contributed by atoms with Crippen molar-refractivity contribution < 1.29 is 9.90 Å². The Morgan fingerprint density at radius 1 is 1.61 bits per heavy atom. The molecule has 6 nitrogen and oxygen atoms in total. The Bertz CT molecular complexity index is 365. The van der Waals surface area contributed by atoms with Crippen molar-refractivity contribution in [2.45, 2.75) is 39.3 Å². The Balaban J connectivity index is 2.40. The van der Waals surface area contributed by atoms with Crippen molar-refractivity contribution in [3.05, 3.63) is 12.4 Å². The predicted octanol–water partition coefficient (Wildman–Crippen LogP) is 0.592. The van der Waals surface area contributed by atoms with Crippen LogP contribution in [0.1, 0.15) is 26.7 Å². The van der Waals surface area contributed by atoms with Gasteiger partial charge in [-0.15, -0.1) is 0 Å². The summed E-state index contributed by atoms with van der Waals surface area (Å²) < 4.78 is 1.58. The lowest BCUT2D eigenvalue weighted by molar-refractivity contribution is -0.122. The van der Waals surface area contributed by atoms with Crippen molar-refractivity contribution in [3.8, 4) is 0 Å². The van der Waals surface area contributed by atoms with Gasteiger partial charge >= 0.3 is 0 Å². The maximum atomic E-state index is 11.4. The Hall–Kier alpha value is -1.56. The van der Waals surface area contributed by atoms with Gasteiger partial charge in [0.05, 0.1) is 18.5 Å². The molecule has 0 fully saturated rings. The molecule has 1 aromatic rings. The lowest BCUT2D eigenvalue weighted by Gasteiger charge is -2.11. The first-order valence-corrected chi connectivity index (χ1v) is 6.32. The number of aromatic nitrogens is 2. The van der Waals surface area contributed by atoms with E-state index in [1.807, 2.05) is 6.20 Å². The average Bonchev–Trinajstić information content (AvgIpc) is 2.74. The minimum absolute atomic E-state index is 0.0494. The van der Waals surface area contributed by atoms with Gasteiger partial charge in [0.1, 0.15) is 6.54 Å². The molecule has 0 aliphatic rings. The minimum Gasteiger partial charge on any atom is -0.395 e. The second-order valence-electron chi connectivity index (χ2n) is 4.33. The topological polar surface area (TPSA) is 79.2 Å². The quantitative estimate of drug-likeness (QED) is 0.634. The zero-order valence-corrected chi connectivity index (χ0v) is 11.0. The van der Waals surface area contributed by atoms with Gasteiger partial charge in [0, 0.05) is 18.8 Å². The lowest BCUT2D eigenvalue weighted by atomic mass is 10.2. The van der Waals surface area contributed by atoms with E-state index in [0.29, 0.717) is 6.04 Å². The van der Waals surface area contributed by atoms with Crippen LogP contribution in [0.2, 0.25) is 0 Å². The molecular formula is C12H22N4O2. The molecule has 102 valence electrons. The molecule has 0 spiro atoms. The summed E-state index contributed by atoms with van der Waals surface area (Å²) in [5, 5.41) is 18.6. The van der Waals surface area contributed by atoms with E-state index < -0.39 is 0 Å². The fraction of sp³-hybridized carbons (Fsp3) is 0.667. The van der Waals surface area contributed by atoms with Crippen LogP contribution in [0, 0.1) is 0 Å². The molecule has 0 aromatic carbocycles. The Labute approximate surface area is 107 Å². The van der Waals surface area contributed by atoms with Gasteiger partial charge in [-0.25, -0.2) is 0 Å². The van der Waals surface area contributed by atoms with Crippen molar-refractivity contribution in [3.63, 3.8) is 0 Å². The highest BCUT2D eigenvalue weighted by atomic mass is 16.3. The molecule has 3 N–H and O–H groups in total.